The number of benzene rings is 2. The van der Waals surface area contributed by atoms with Crippen molar-refractivity contribution in [1.82, 2.24) is 4.98 Å². The summed E-state index contributed by atoms with van der Waals surface area (Å²) in [7, 11) is -4.02. The summed E-state index contributed by atoms with van der Waals surface area (Å²) in [6.45, 7) is 5.41. The number of pyridine rings is 1. The lowest BCUT2D eigenvalue weighted by Gasteiger charge is -2.12. The van der Waals surface area contributed by atoms with Crippen molar-refractivity contribution in [3.63, 3.8) is 0 Å². The molecule has 3 aromatic rings. The average Bonchev–Trinajstić information content (AvgIpc) is 2.74. The predicted molar refractivity (Wildman–Crippen MR) is 120 cm³/mol. The molecular formula is C21H21N5O4S. The van der Waals surface area contributed by atoms with Crippen LogP contribution in [0.2, 0.25) is 0 Å². The van der Waals surface area contributed by atoms with Crippen LogP contribution < -0.4 is 10.1 Å². The summed E-state index contributed by atoms with van der Waals surface area (Å²) in [6, 6.07) is 12.4. The highest BCUT2D eigenvalue weighted by Crippen LogP contribution is 2.29. The molecule has 2 N–H and O–H groups in total. The number of sulfonamides is 1. The monoisotopic (exact) mass is 439 g/mol. The Kier molecular flexibility index (Phi) is 6.30. The second-order valence-corrected chi connectivity index (χ2v) is 8.59. The first-order chi connectivity index (χ1) is 14.7. The normalized spacial score (nSPS) is 11.8. The standard InChI is InChI=1S/C21H21N5O4S/c1-14-6-8-19(15(2)11-14)25-31(29,30)18-7-9-20(21(12-18)26(27)28)24-23-16(3)17-5-4-10-22-13-17/h4-13,24-25H,1-3H3/b23-16+. The molecule has 0 aliphatic rings. The second kappa shape index (κ2) is 8.92. The van der Waals surface area contributed by atoms with Gasteiger partial charge in [-0.1, -0.05) is 23.8 Å². The minimum Gasteiger partial charge on any atom is -0.279 e. The molecule has 0 fully saturated rings. The maximum Gasteiger partial charge on any atom is 0.295 e. The molecule has 0 unspecified atom stereocenters. The van der Waals surface area contributed by atoms with Gasteiger partial charge in [0.25, 0.3) is 15.7 Å². The van der Waals surface area contributed by atoms with Gasteiger partial charge in [0.2, 0.25) is 0 Å². The van der Waals surface area contributed by atoms with Gasteiger partial charge in [0.1, 0.15) is 5.69 Å². The molecule has 0 spiro atoms. The number of nitrogens with zero attached hydrogens (tertiary/aromatic N) is 3. The Bertz CT molecular complexity index is 1260. The predicted octanol–water partition coefficient (Wildman–Crippen LogP) is 4.24. The molecule has 9 nitrogen and oxygen atoms in total. The average molecular weight is 439 g/mol. The largest absolute Gasteiger partial charge is 0.295 e. The van der Waals surface area contributed by atoms with E-state index in [9.17, 15) is 18.5 Å². The zero-order chi connectivity index (χ0) is 22.6. The number of anilines is 2. The molecule has 0 saturated heterocycles. The summed E-state index contributed by atoms with van der Waals surface area (Å²) >= 11 is 0. The summed E-state index contributed by atoms with van der Waals surface area (Å²) in [5.74, 6) is 0. The van der Waals surface area contributed by atoms with Crippen LogP contribution in [0.15, 0.2) is 70.9 Å². The fraction of sp³-hybridized carbons (Fsp3) is 0.143. The van der Waals surface area contributed by atoms with E-state index in [2.05, 4.69) is 20.2 Å². The Hall–Kier alpha value is -3.79. The highest BCUT2D eigenvalue weighted by molar-refractivity contribution is 7.92. The maximum absolute atomic E-state index is 12.8. The summed E-state index contributed by atoms with van der Waals surface area (Å²) in [5.41, 5.74) is 5.76. The lowest BCUT2D eigenvalue weighted by Crippen LogP contribution is -2.14. The second-order valence-electron chi connectivity index (χ2n) is 6.91. The molecule has 1 heterocycles. The van der Waals surface area contributed by atoms with Gasteiger partial charge in [0, 0.05) is 24.0 Å². The molecule has 1 aromatic heterocycles. The fourth-order valence-corrected chi connectivity index (χ4v) is 3.99. The first kappa shape index (κ1) is 21.9. The third-order valence-electron chi connectivity index (χ3n) is 4.53. The Morgan fingerprint density at radius 2 is 1.84 bits per heavy atom. The minimum absolute atomic E-state index is 0.0682. The smallest absolute Gasteiger partial charge is 0.279 e. The Balaban J connectivity index is 1.90. The summed E-state index contributed by atoms with van der Waals surface area (Å²) in [4.78, 5) is 14.7. The molecule has 31 heavy (non-hydrogen) atoms. The van der Waals surface area contributed by atoms with Crippen molar-refractivity contribution in [3.05, 3.63) is 87.7 Å². The van der Waals surface area contributed by atoms with E-state index in [-0.39, 0.29) is 10.6 Å². The number of nitro benzene ring substituents is 1. The molecule has 10 heteroatoms. The molecule has 0 bridgehead atoms. The van der Waals surface area contributed by atoms with E-state index in [1.807, 2.05) is 13.0 Å². The fourth-order valence-electron chi connectivity index (χ4n) is 2.84. The maximum atomic E-state index is 12.8. The minimum atomic E-state index is -4.02. The molecule has 0 aliphatic carbocycles. The van der Waals surface area contributed by atoms with E-state index in [0.717, 1.165) is 22.8 Å². The lowest BCUT2D eigenvalue weighted by molar-refractivity contribution is -0.384. The summed E-state index contributed by atoms with van der Waals surface area (Å²) in [6.07, 6.45) is 3.24. The number of nitrogens with one attached hydrogen (secondary N) is 2. The van der Waals surface area contributed by atoms with E-state index in [0.29, 0.717) is 11.4 Å². The van der Waals surface area contributed by atoms with Crippen molar-refractivity contribution in [1.29, 1.82) is 0 Å². The number of aryl methyl sites for hydroxylation is 2. The van der Waals surface area contributed by atoms with Gasteiger partial charge in [-0.25, -0.2) is 8.42 Å². The zero-order valence-corrected chi connectivity index (χ0v) is 18.0. The zero-order valence-electron chi connectivity index (χ0n) is 17.2. The van der Waals surface area contributed by atoms with Crippen LogP contribution in [0.1, 0.15) is 23.6 Å². The van der Waals surface area contributed by atoms with Crippen LogP contribution in [-0.4, -0.2) is 24.0 Å². The van der Waals surface area contributed by atoms with E-state index in [1.54, 1.807) is 50.5 Å². The molecule has 0 amide bonds. The summed E-state index contributed by atoms with van der Waals surface area (Å²) in [5, 5.41) is 15.7. The Labute approximate surface area is 180 Å². The van der Waals surface area contributed by atoms with E-state index in [1.165, 1.54) is 12.1 Å². The van der Waals surface area contributed by atoms with E-state index in [4.69, 9.17) is 0 Å². The molecule has 3 rings (SSSR count). The van der Waals surface area contributed by atoms with Crippen molar-refractivity contribution in [2.45, 2.75) is 25.7 Å². The highest BCUT2D eigenvalue weighted by atomic mass is 32.2. The van der Waals surface area contributed by atoms with Crippen molar-refractivity contribution in [2.24, 2.45) is 5.10 Å². The first-order valence-electron chi connectivity index (χ1n) is 9.26. The number of rotatable bonds is 7. The van der Waals surface area contributed by atoms with Gasteiger partial charge in [-0.2, -0.15) is 5.10 Å². The van der Waals surface area contributed by atoms with Crippen molar-refractivity contribution >= 4 is 32.8 Å². The van der Waals surface area contributed by atoms with Crippen molar-refractivity contribution < 1.29 is 13.3 Å². The molecule has 0 atom stereocenters. The lowest BCUT2D eigenvalue weighted by atomic mass is 10.1. The van der Waals surface area contributed by atoms with Crippen LogP contribution in [0.5, 0.6) is 0 Å². The van der Waals surface area contributed by atoms with Gasteiger partial charge < -0.3 is 0 Å². The first-order valence-corrected chi connectivity index (χ1v) is 10.7. The SMILES string of the molecule is C/C(=N\Nc1ccc(S(=O)(=O)Nc2ccc(C)cc2C)cc1[N+](=O)[O-])c1cccnc1. The molecule has 2 aromatic carbocycles. The third kappa shape index (κ3) is 5.23. The van der Waals surface area contributed by atoms with Gasteiger partial charge in [-0.15, -0.1) is 0 Å². The number of nitro groups is 1. The van der Waals surface area contributed by atoms with Gasteiger partial charge in [0.15, 0.2) is 0 Å². The van der Waals surface area contributed by atoms with Crippen LogP contribution >= 0.6 is 0 Å². The molecular weight excluding hydrogens is 418 g/mol. The third-order valence-corrected chi connectivity index (χ3v) is 5.89. The van der Waals surface area contributed by atoms with Crippen LogP contribution in [-0.2, 0) is 10.0 Å². The molecule has 0 saturated carbocycles. The van der Waals surface area contributed by atoms with E-state index >= 15 is 0 Å². The summed E-state index contributed by atoms with van der Waals surface area (Å²) < 4.78 is 28.1. The van der Waals surface area contributed by atoms with Crippen molar-refractivity contribution in [2.75, 3.05) is 10.1 Å². The molecule has 160 valence electrons. The number of hydrogen-bond acceptors (Lipinski definition) is 7. The van der Waals surface area contributed by atoms with E-state index < -0.39 is 20.6 Å². The number of hydrazone groups is 1. The van der Waals surface area contributed by atoms with Gasteiger partial charge >= 0.3 is 0 Å². The Morgan fingerprint density at radius 1 is 1.10 bits per heavy atom. The van der Waals surface area contributed by atoms with Crippen molar-refractivity contribution in [3.8, 4) is 0 Å². The van der Waals surface area contributed by atoms with Crippen LogP contribution in [0.4, 0.5) is 17.1 Å². The van der Waals surface area contributed by atoms with Gasteiger partial charge in [-0.05, 0) is 50.6 Å². The van der Waals surface area contributed by atoms with Crippen LogP contribution in [0, 0.1) is 24.0 Å². The topological polar surface area (TPSA) is 127 Å². The highest BCUT2D eigenvalue weighted by Gasteiger charge is 2.22. The Morgan fingerprint density at radius 3 is 2.48 bits per heavy atom. The van der Waals surface area contributed by atoms with Gasteiger partial charge in [0.05, 0.1) is 21.2 Å². The molecule has 0 radical (unpaired) electrons. The number of aromatic nitrogens is 1. The van der Waals surface area contributed by atoms with Crippen LogP contribution in [0.3, 0.4) is 0 Å². The quantitative estimate of drug-likeness (QED) is 0.322. The van der Waals surface area contributed by atoms with Gasteiger partial charge in [-0.3, -0.25) is 25.2 Å². The van der Waals surface area contributed by atoms with Crippen LogP contribution in [0.25, 0.3) is 0 Å². The number of hydrogen-bond donors (Lipinski definition) is 2. The molecule has 0 aliphatic heterocycles.